The molecule has 4 rings (SSSR count). The Balaban J connectivity index is 1.66. The van der Waals surface area contributed by atoms with E-state index in [9.17, 15) is 19.2 Å². The number of nitrogens with one attached hydrogen (secondary N) is 3. The van der Waals surface area contributed by atoms with E-state index in [0.717, 1.165) is 10.9 Å². The van der Waals surface area contributed by atoms with Crippen molar-refractivity contribution in [2.45, 2.75) is 18.5 Å². The Labute approximate surface area is 173 Å². The van der Waals surface area contributed by atoms with Crippen molar-refractivity contribution in [3.8, 4) is 17.5 Å². The number of aromatic amines is 1. The first-order valence-corrected chi connectivity index (χ1v) is 11.1. The molecule has 30 heavy (non-hydrogen) atoms. The molecule has 6 N–H and O–H groups in total. The number of nitriles is 1. The van der Waals surface area contributed by atoms with Crippen molar-refractivity contribution in [3.63, 3.8) is 0 Å². The van der Waals surface area contributed by atoms with Gasteiger partial charge in [-0.05, 0) is 18.6 Å². The maximum Gasteiger partial charge on any atom is 0.404 e. The number of carbonyl (C=O) groups is 1. The van der Waals surface area contributed by atoms with Crippen LogP contribution in [0.15, 0.2) is 36.5 Å². The summed E-state index contributed by atoms with van der Waals surface area (Å²) in [5.41, 5.74) is 2.00. The highest BCUT2D eigenvalue weighted by Crippen LogP contribution is 2.44. The second-order valence-electron chi connectivity index (χ2n) is 7.10. The highest BCUT2D eigenvalue weighted by molar-refractivity contribution is 8.24. The van der Waals surface area contributed by atoms with Gasteiger partial charge in [0.25, 0.3) is 0 Å². The van der Waals surface area contributed by atoms with Crippen LogP contribution in [0.1, 0.15) is 12.1 Å². The lowest BCUT2D eigenvalue weighted by atomic mass is 10.1. The number of aromatic nitrogens is 3. The quantitative estimate of drug-likeness (QED) is 0.368. The van der Waals surface area contributed by atoms with Crippen molar-refractivity contribution in [2.24, 2.45) is 0 Å². The van der Waals surface area contributed by atoms with Crippen molar-refractivity contribution in [3.05, 3.63) is 42.2 Å². The number of amides is 1. The highest BCUT2D eigenvalue weighted by atomic mass is 32.3. The second kappa shape index (κ2) is 7.83. The van der Waals surface area contributed by atoms with Crippen LogP contribution in [0.5, 0.6) is 0 Å². The van der Waals surface area contributed by atoms with Crippen LogP contribution in [-0.4, -0.2) is 58.8 Å². The molecule has 3 heterocycles. The average molecular weight is 428 g/mol. The van der Waals surface area contributed by atoms with Crippen LogP contribution in [0.4, 0.5) is 10.6 Å². The molecular weight excluding hydrogens is 408 g/mol. The highest BCUT2D eigenvalue weighted by Gasteiger charge is 2.34. The minimum absolute atomic E-state index is 0.0126. The summed E-state index contributed by atoms with van der Waals surface area (Å²) >= 11 is 0. The van der Waals surface area contributed by atoms with Crippen LogP contribution in [-0.2, 0) is 0 Å². The predicted octanol–water partition coefficient (Wildman–Crippen LogP) is 3.07. The van der Waals surface area contributed by atoms with Crippen LogP contribution < -0.4 is 10.6 Å². The van der Waals surface area contributed by atoms with Gasteiger partial charge in [-0.15, -0.1) is 0 Å². The molecule has 1 aliphatic rings. The lowest BCUT2D eigenvalue weighted by Gasteiger charge is -2.44. The number of hydrogen-bond donors (Lipinski definition) is 6. The maximum absolute atomic E-state index is 11.1. The normalized spacial score (nSPS) is 21.5. The minimum atomic E-state index is -2.82. The number of nitrogens with zero attached hydrogens (tertiary/aromatic N) is 3. The summed E-state index contributed by atoms with van der Waals surface area (Å²) < 4.78 is 20.2. The first-order valence-electron chi connectivity index (χ1n) is 9.19. The lowest BCUT2D eigenvalue weighted by molar-refractivity contribution is 0.187. The number of benzene rings is 1. The molecule has 1 aromatic carbocycles. The standard InChI is InChI=1S/C19H20N6O4S/c20-8-15-18(14-7-11-3-1-2-4-12(11)22-14)25-17(9-21-15)23-16-10-30(28,29)6-5-13(16)24-19(26)27/h1-4,7,9,13,16,22,24,28-29H,5-6,10H2,(H,23,25)(H,26,27)/t13-,16+/m0/s1. The van der Waals surface area contributed by atoms with E-state index in [2.05, 4.69) is 25.6 Å². The van der Waals surface area contributed by atoms with Gasteiger partial charge in [0.15, 0.2) is 5.69 Å². The number of para-hydroxylation sites is 1. The molecule has 0 bridgehead atoms. The van der Waals surface area contributed by atoms with Crippen molar-refractivity contribution >= 4 is 33.4 Å². The molecule has 0 radical (unpaired) electrons. The molecule has 1 aliphatic heterocycles. The van der Waals surface area contributed by atoms with Gasteiger partial charge in [-0.3, -0.25) is 9.11 Å². The van der Waals surface area contributed by atoms with E-state index >= 15 is 0 Å². The molecule has 0 unspecified atom stereocenters. The molecule has 11 heteroatoms. The SMILES string of the molecule is N#Cc1ncc(N[C@@H]2CS(O)(O)CC[C@@H]2NC(=O)O)nc1-c1cc2ccccc2[nH]1. The van der Waals surface area contributed by atoms with Crippen molar-refractivity contribution in [2.75, 3.05) is 16.8 Å². The largest absolute Gasteiger partial charge is 0.465 e. The van der Waals surface area contributed by atoms with E-state index in [-0.39, 0.29) is 23.6 Å². The number of H-pyrrole nitrogens is 1. The summed E-state index contributed by atoms with van der Waals surface area (Å²) in [6.07, 6.45) is 0.475. The summed E-state index contributed by atoms with van der Waals surface area (Å²) in [5, 5.41) is 25.0. The first kappa shape index (κ1) is 20.0. The summed E-state index contributed by atoms with van der Waals surface area (Å²) in [4.78, 5) is 23.0. The fourth-order valence-corrected chi connectivity index (χ4v) is 5.29. The smallest absolute Gasteiger partial charge is 0.404 e. The van der Waals surface area contributed by atoms with E-state index in [0.29, 0.717) is 17.2 Å². The van der Waals surface area contributed by atoms with Crippen molar-refractivity contribution < 1.29 is 19.0 Å². The number of fused-ring (bicyclic) bond motifs is 1. The van der Waals surface area contributed by atoms with Gasteiger partial charge >= 0.3 is 6.09 Å². The molecule has 2 atom stereocenters. The fourth-order valence-electron chi connectivity index (χ4n) is 3.60. The maximum atomic E-state index is 11.1. The van der Waals surface area contributed by atoms with E-state index in [1.54, 1.807) is 0 Å². The van der Waals surface area contributed by atoms with E-state index in [1.807, 2.05) is 36.4 Å². The Morgan fingerprint density at radius 2 is 2.10 bits per heavy atom. The summed E-state index contributed by atoms with van der Waals surface area (Å²) in [7, 11) is -2.82. The molecule has 1 saturated heterocycles. The van der Waals surface area contributed by atoms with Crippen LogP contribution in [0, 0.1) is 11.3 Å². The lowest BCUT2D eigenvalue weighted by Crippen LogP contribution is -2.52. The van der Waals surface area contributed by atoms with Gasteiger partial charge in [0, 0.05) is 16.7 Å². The van der Waals surface area contributed by atoms with Gasteiger partial charge < -0.3 is 20.7 Å². The Hall–Kier alpha value is -3.33. The van der Waals surface area contributed by atoms with Crippen LogP contribution >= 0.6 is 10.6 Å². The second-order valence-corrected chi connectivity index (χ2v) is 9.45. The number of anilines is 1. The van der Waals surface area contributed by atoms with E-state index in [1.165, 1.54) is 6.20 Å². The number of hydrogen-bond acceptors (Lipinski definition) is 7. The number of carboxylic acid groups (broad SMARTS) is 1. The zero-order valence-corrected chi connectivity index (χ0v) is 16.6. The molecule has 156 valence electrons. The van der Waals surface area contributed by atoms with Gasteiger partial charge in [0.1, 0.15) is 17.6 Å². The third-order valence-electron chi connectivity index (χ3n) is 4.99. The molecular formula is C19H20N6O4S. The molecule has 3 aromatic rings. The van der Waals surface area contributed by atoms with E-state index in [4.69, 9.17) is 5.11 Å². The van der Waals surface area contributed by atoms with Gasteiger partial charge in [0.05, 0.1) is 29.7 Å². The average Bonchev–Trinajstić information content (AvgIpc) is 3.13. The summed E-state index contributed by atoms with van der Waals surface area (Å²) in [5.74, 6) is 0.429. The molecule has 0 aliphatic carbocycles. The third kappa shape index (κ3) is 4.16. The molecule has 10 nitrogen and oxygen atoms in total. The summed E-state index contributed by atoms with van der Waals surface area (Å²) in [6, 6.07) is 10.5. The molecule has 0 spiro atoms. The molecule has 0 saturated carbocycles. The molecule has 2 aromatic heterocycles. The Morgan fingerprint density at radius 1 is 1.30 bits per heavy atom. The monoisotopic (exact) mass is 428 g/mol. The first-order chi connectivity index (χ1) is 14.3. The van der Waals surface area contributed by atoms with Crippen molar-refractivity contribution in [1.29, 1.82) is 5.26 Å². The van der Waals surface area contributed by atoms with Gasteiger partial charge in [-0.1, -0.05) is 18.2 Å². The molecule has 1 amide bonds. The Morgan fingerprint density at radius 3 is 2.83 bits per heavy atom. The van der Waals surface area contributed by atoms with Crippen LogP contribution in [0.25, 0.3) is 22.3 Å². The topological polar surface area (TPSA) is 167 Å². The molecule has 1 fully saturated rings. The zero-order valence-electron chi connectivity index (χ0n) is 15.7. The minimum Gasteiger partial charge on any atom is -0.465 e. The third-order valence-corrected chi connectivity index (χ3v) is 6.78. The Kier molecular flexibility index (Phi) is 5.21. The van der Waals surface area contributed by atoms with Crippen LogP contribution in [0.3, 0.4) is 0 Å². The van der Waals surface area contributed by atoms with E-state index < -0.39 is 28.8 Å². The zero-order chi connectivity index (χ0) is 21.3. The van der Waals surface area contributed by atoms with Gasteiger partial charge in [0.2, 0.25) is 0 Å². The van der Waals surface area contributed by atoms with Gasteiger partial charge in [-0.2, -0.15) is 15.9 Å². The Bertz CT molecular complexity index is 1110. The predicted molar refractivity (Wildman–Crippen MR) is 114 cm³/mol. The van der Waals surface area contributed by atoms with Crippen molar-refractivity contribution in [1.82, 2.24) is 20.3 Å². The fraction of sp³-hybridized carbons (Fsp3) is 0.263. The number of rotatable bonds is 4. The summed E-state index contributed by atoms with van der Waals surface area (Å²) in [6.45, 7) is 0. The van der Waals surface area contributed by atoms with Crippen LogP contribution in [0.2, 0.25) is 0 Å². The van der Waals surface area contributed by atoms with Gasteiger partial charge in [-0.25, -0.2) is 14.8 Å².